The zero-order chi connectivity index (χ0) is 19.6. The van der Waals surface area contributed by atoms with Crippen LogP contribution < -0.4 is 10.6 Å². The maximum atomic E-state index is 4.93. The zero-order valence-electron chi connectivity index (χ0n) is 16.8. The molecule has 0 saturated carbocycles. The minimum absolute atomic E-state index is 0.495. The first kappa shape index (κ1) is 21.6. The summed E-state index contributed by atoms with van der Waals surface area (Å²) < 4.78 is 1.15. The number of thiazole rings is 1. The zero-order valence-corrected chi connectivity index (χ0v) is 19.2. The normalized spacial score (nSPS) is 21.0. The second kappa shape index (κ2) is 11.8. The number of guanidine groups is 1. The van der Waals surface area contributed by atoms with Crippen LogP contribution in [0.3, 0.4) is 0 Å². The quantitative estimate of drug-likeness (QED) is 0.265. The van der Waals surface area contributed by atoms with Crippen molar-refractivity contribution in [1.29, 1.82) is 0 Å². The second-order valence-electron chi connectivity index (χ2n) is 6.99. The van der Waals surface area contributed by atoms with Gasteiger partial charge in [-0.1, -0.05) is 17.8 Å². The average Bonchev–Trinajstić information content (AvgIpc) is 3.40. The van der Waals surface area contributed by atoms with Gasteiger partial charge >= 0.3 is 0 Å². The van der Waals surface area contributed by atoms with Crippen molar-refractivity contribution in [3.8, 4) is 0 Å². The van der Waals surface area contributed by atoms with Gasteiger partial charge in [-0.25, -0.2) is 4.98 Å². The van der Waals surface area contributed by atoms with E-state index in [0.29, 0.717) is 12.0 Å². The highest BCUT2D eigenvalue weighted by Crippen LogP contribution is 2.37. The number of hydrogen-bond acceptors (Lipinski definition) is 6. The summed E-state index contributed by atoms with van der Waals surface area (Å²) in [5.74, 6) is 2.60. The van der Waals surface area contributed by atoms with E-state index in [-0.39, 0.29) is 0 Å². The second-order valence-corrected chi connectivity index (χ2v) is 10.2. The summed E-state index contributed by atoms with van der Waals surface area (Å²) in [6.07, 6.45) is 5.47. The molecule has 0 aliphatic carbocycles. The van der Waals surface area contributed by atoms with Crippen LogP contribution >= 0.6 is 34.4 Å². The van der Waals surface area contributed by atoms with Crippen LogP contribution in [0, 0.1) is 5.92 Å². The Morgan fingerprint density at radius 1 is 1.36 bits per heavy atom. The van der Waals surface area contributed by atoms with Crippen LogP contribution in [0.15, 0.2) is 38.4 Å². The van der Waals surface area contributed by atoms with Crippen molar-refractivity contribution in [3.05, 3.63) is 34.0 Å². The Labute approximate surface area is 181 Å². The van der Waals surface area contributed by atoms with Crippen LogP contribution in [0.4, 0.5) is 0 Å². The minimum Gasteiger partial charge on any atom is -0.357 e. The molecule has 3 heterocycles. The summed E-state index contributed by atoms with van der Waals surface area (Å²) in [5, 5.41) is 11.1. The molecule has 154 valence electrons. The van der Waals surface area contributed by atoms with Gasteiger partial charge in [0, 0.05) is 47.9 Å². The van der Waals surface area contributed by atoms with Gasteiger partial charge < -0.3 is 10.6 Å². The largest absolute Gasteiger partial charge is 0.357 e. The van der Waals surface area contributed by atoms with Crippen LogP contribution in [0.1, 0.15) is 37.1 Å². The summed E-state index contributed by atoms with van der Waals surface area (Å²) in [6.45, 7) is 5.99. The molecule has 0 radical (unpaired) electrons. The van der Waals surface area contributed by atoms with Crippen molar-refractivity contribution in [3.63, 3.8) is 0 Å². The highest BCUT2D eigenvalue weighted by molar-refractivity contribution is 8.00. The molecular formula is C20H31N5S3. The van der Waals surface area contributed by atoms with E-state index in [1.54, 1.807) is 11.3 Å². The van der Waals surface area contributed by atoms with E-state index in [9.17, 15) is 0 Å². The number of thioether (sulfide) groups is 1. The van der Waals surface area contributed by atoms with E-state index in [0.717, 1.165) is 42.1 Å². The molecule has 2 aromatic heterocycles. The smallest absolute Gasteiger partial charge is 0.191 e. The molecule has 0 amide bonds. The maximum Gasteiger partial charge on any atom is 0.191 e. The highest BCUT2D eigenvalue weighted by Gasteiger charge is 2.31. The van der Waals surface area contributed by atoms with Gasteiger partial charge in [-0.05, 0) is 57.1 Å². The van der Waals surface area contributed by atoms with E-state index in [1.807, 2.05) is 34.7 Å². The maximum absolute atomic E-state index is 4.93. The van der Waals surface area contributed by atoms with E-state index in [4.69, 9.17) is 4.99 Å². The van der Waals surface area contributed by atoms with Crippen LogP contribution in [0.25, 0.3) is 0 Å². The van der Waals surface area contributed by atoms with Gasteiger partial charge in [-0.2, -0.15) is 0 Å². The fourth-order valence-electron chi connectivity index (χ4n) is 3.63. The van der Waals surface area contributed by atoms with Crippen molar-refractivity contribution >= 4 is 40.4 Å². The highest BCUT2D eigenvalue weighted by atomic mass is 32.2. The van der Waals surface area contributed by atoms with Gasteiger partial charge in [0.1, 0.15) is 4.34 Å². The summed E-state index contributed by atoms with van der Waals surface area (Å²) in [7, 11) is 2.25. The molecule has 8 heteroatoms. The van der Waals surface area contributed by atoms with Crippen molar-refractivity contribution in [2.75, 3.05) is 39.0 Å². The Balaban J connectivity index is 1.49. The molecule has 2 atom stereocenters. The lowest BCUT2D eigenvalue weighted by atomic mass is 9.88. The summed E-state index contributed by atoms with van der Waals surface area (Å²) in [4.78, 5) is 13.2. The molecule has 5 nitrogen and oxygen atoms in total. The standard InChI is InChI=1S/C20H31N5S3/c1-3-21-19(22-9-6-13-27-20-23-10-14-28-20)24-15-16-7-4-11-25(2)18(16)17-8-5-12-26-17/h5,8,10,12,14,16,18H,3-4,6-7,9,11,13,15H2,1-2H3,(H2,21,22,24). The molecular weight excluding hydrogens is 406 g/mol. The number of aromatic nitrogens is 1. The Morgan fingerprint density at radius 2 is 2.29 bits per heavy atom. The van der Waals surface area contributed by atoms with Gasteiger partial charge in [0.2, 0.25) is 0 Å². The van der Waals surface area contributed by atoms with E-state index in [2.05, 4.69) is 52.0 Å². The number of thiophene rings is 1. The molecule has 2 N–H and O–H groups in total. The summed E-state index contributed by atoms with van der Waals surface area (Å²) in [5.41, 5.74) is 0. The predicted octanol–water partition coefficient (Wildman–Crippen LogP) is 4.33. The predicted molar refractivity (Wildman–Crippen MR) is 124 cm³/mol. The van der Waals surface area contributed by atoms with Gasteiger partial charge in [-0.3, -0.25) is 9.89 Å². The molecule has 0 aromatic carbocycles. The fourth-order valence-corrected chi connectivity index (χ4v) is 6.26. The molecule has 28 heavy (non-hydrogen) atoms. The first-order valence-corrected chi connectivity index (χ1v) is 12.8. The average molecular weight is 438 g/mol. The third-order valence-corrected chi connectivity index (χ3v) is 7.91. The van der Waals surface area contributed by atoms with Crippen molar-refractivity contribution < 1.29 is 0 Å². The number of hydrogen-bond donors (Lipinski definition) is 2. The number of aliphatic imine (C=N–C) groups is 1. The number of nitrogens with one attached hydrogen (secondary N) is 2. The Kier molecular flexibility index (Phi) is 9.11. The van der Waals surface area contributed by atoms with Gasteiger partial charge in [0.25, 0.3) is 0 Å². The van der Waals surface area contributed by atoms with E-state index >= 15 is 0 Å². The lowest BCUT2D eigenvalue weighted by Gasteiger charge is -2.38. The topological polar surface area (TPSA) is 52.6 Å². The van der Waals surface area contributed by atoms with E-state index < -0.39 is 0 Å². The van der Waals surface area contributed by atoms with Crippen LogP contribution in [-0.2, 0) is 0 Å². The SMILES string of the molecule is CCNC(=NCC1CCCN(C)C1c1cccs1)NCCCSc1nccs1. The molecule has 1 saturated heterocycles. The fraction of sp³-hybridized carbons (Fsp3) is 0.600. The number of likely N-dealkylation sites (tertiary alicyclic amines) is 1. The van der Waals surface area contributed by atoms with Crippen LogP contribution in [0.5, 0.6) is 0 Å². The van der Waals surface area contributed by atoms with Gasteiger partial charge in [0.05, 0.1) is 0 Å². The third kappa shape index (κ3) is 6.47. The third-order valence-electron chi connectivity index (χ3n) is 4.92. The van der Waals surface area contributed by atoms with Gasteiger partial charge in [-0.15, -0.1) is 22.7 Å². The van der Waals surface area contributed by atoms with E-state index in [1.165, 1.54) is 24.3 Å². The monoisotopic (exact) mass is 437 g/mol. The molecule has 0 spiro atoms. The molecule has 2 unspecified atom stereocenters. The molecule has 1 fully saturated rings. The lowest BCUT2D eigenvalue weighted by molar-refractivity contribution is 0.128. The van der Waals surface area contributed by atoms with Crippen molar-refractivity contribution in [2.45, 2.75) is 36.6 Å². The molecule has 3 rings (SSSR count). The molecule has 1 aliphatic heterocycles. The summed E-state index contributed by atoms with van der Waals surface area (Å²) in [6, 6.07) is 4.94. The first-order chi connectivity index (χ1) is 13.8. The molecule has 1 aliphatic rings. The van der Waals surface area contributed by atoms with Crippen LogP contribution in [0.2, 0.25) is 0 Å². The first-order valence-electron chi connectivity index (χ1n) is 10.1. The molecule has 2 aromatic rings. The Bertz CT molecular complexity index is 687. The van der Waals surface area contributed by atoms with Crippen LogP contribution in [-0.4, -0.2) is 54.8 Å². The minimum atomic E-state index is 0.495. The van der Waals surface area contributed by atoms with Crippen molar-refractivity contribution in [2.24, 2.45) is 10.9 Å². The molecule has 0 bridgehead atoms. The number of nitrogens with zero attached hydrogens (tertiary/aromatic N) is 3. The lowest BCUT2D eigenvalue weighted by Crippen LogP contribution is -2.40. The Hall–Kier alpha value is -1.09. The van der Waals surface area contributed by atoms with Gasteiger partial charge in [0.15, 0.2) is 5.96 Å². The Morgan fingerprint density at radius 3 is 3.04 bits per heavy atom. The summed E-state index contributed by atoms with van der Waals surface area (Å²) >= 11 is 5.41. The number of piperidine rings is 1. The van der Waals surface area contributed by atoms with Crippen molar-refractivity contribution in [1.82, 2.24) is 20.5 Å². The number of rotatable bonds is 9.